The van der Waals surface area contributed by atoms with Crippen LogP contribution in [0.25, 0.3) is 0 Å². The number of hydrogen-bond acceptors (Lipinski definition) is 3. The topological polar surface area (TPSA) is 46.6 Å². The molecule has 20 heavy (non-hydrogen) atoms. The highest BCUT2D eigenvalue weighted by Gasteiger charge is 2.12. The van der Waals surface area contributed by atoms with E-state index < -0.39 is 0 Å². The summed E-state index contributed by atoms with van der Waals surface area (Å²) < 4.78 is 5.15. The van der Waals surface area contributed by atoms with Gasteiger partial charge in [0.15, 0.2) is 0 Å². The molecule has 0 unspecified atom stereocenters. The van der Waals surface area contributed by atoms with E-state index >= 15 is 0 Å². The van der Waals surface area contributed by atoms with Gasteiger partial charge in [-0.15, -0.1) is 0 Å². The molecule has 4 heteroatoms. The zero-order valence-corrected chi connectivity index (χ0v) is 13.0. The van der Waals surface area contributed by atoms with E-state index in [1.807, 2.05) is 0 Å². The second-order valence-electron chi connectivity index (χ2n) is 4.91. The van der Waals surface area contributed by atoms with Gasteiger partial charge in [0.05, 0.1) is 13.0 Å². The highest BCUT2D eigenvalue weighted by molar-refractivity contribution is 5.87. The predicted molar refractivity (Wildman–Crippen MR) is 81.4 cm³/mol. The molecule has 4 nitrogen and oxygen atoms in total. The van der Waals surface area contributed by atoms with E-state index in [0.29, 0.717) is 19.7 Å². The first-order valence-electron chi connectivity index (χ1n) is 7.72. The quantitative estimate of drug-likeness (QED) is 0.313. The van der Waals surface area contributed by atoms with Gasteiger partial charge in [-0.1, -0.05) is 46.1 Å². The Balaban J connectivity index is 3.86. The van der Waals surface area contributed by atoms with E-state index in [0.717, 1.165) is 25.7 Å². The summed E-state index contributed by atoms with van der Waals surface area (Å²) in [4.78, 5) is 24.9. The fourth-order valence-corrected chi connectivity index (χ4v) is 1.82. The number of carbonyl (C=O) groups excluding carboxylic acids is 2. The third-order valence-electron chi connectivity index (χ3n) is 3.11. The van der Waals surface area contributed by atoms with Crippen molar-refractivity contribution in [1.82, 2.24) is 4.90 Å². The van der Waals surface area contributed by atoms with Crippen LogP contribution in [-0.2, 0) is 14.3 Å². The van der Waals surface area contributed by atoms with Gasteiger partial charge in [-0.05, 0) is 18.9 Å². The molecule has 0 aliphatic heterocycles. The maximum Gasteiger partial charge on any atom is 0.307 e. The second-order valence-corrected chi connectivity index (χ2v) is 4.91. The molecule has 116 valence electrons. The Bertz CT molecular complexity index is 289. The molecule has 0 aliphatic rings. The number of ether oxygens (including phenoxy) is 1. The molecule has 0 saturated heterocycles. The Kier molecular flexibility index (Phi) is 11.9. The van der Waals surface area contributed by atoms with Crippen LogP contribution in [-0.4, -0.2) is 36.5 Å². The number of carbonyl (C=O) groups is 2. The predicted octanol–water partition coefficient (Wildman–Crippen LogP) is 3.31. The van der Waals surface area contributed by atoms with Crippen molar-refractivity contribution in [3.63, 3.8) is 0 Å². The van der Waals surface area contributed by atoms with Crippen LogP contribution in [0, 0.1) is 0 Å². The lowest BCUT2D eigenvalue weighted by Crippen LogP contribution is -2.32. The minimum Gasteiger partial charge on any atom is -0.466 e. The fourth-order valence-electron chi connectivity index (χ4n) is 1.82. The van der Waals surface area contributed by atoms with E-state index in [4.69, 9.17) is 4.74 Å². The Morgan fingerprint density at radius 3 is 2.35 bits per heavy atom. The molecule has 0 atom stereocenters. The average Bonchev–Trinajstić information content (AvgIpc) is 2.46. The van der Waals surface area contributed by atoms with Crippen LogP contribution in [0.5, 0.6) is 0 Å². The third-order valence-corrected chi connectivity index (χ3v) is 3.11. The Morgan fingerprint density at radius 2 is 1.75 bits per heavy atom. The van der Waals surface area contributed by atoms with Crippen molar-refractivity contribution in [3.05, 3.63) is 12.7 Å². The number of esters is 1. The van der Waals surface area contributed by atoms with Gasteiger partial charge < -0.3 is 9.64 Å². The zero-order valence-electron chi connectivity index (χ0n) is 13.0. The molecule has 0 aromatic heterocycles. The summed E-state index contributed by atoms with van der Waals surface area (Å²) in [5, 5.41) is 0. The molecule has 0 aliphatic carbocycles. The van der Waals surface area contributed by atoms with Crippen LogP contribution < -0.4 is 0 Å². The smallest absolute Gasteiger partial charge is 0.307 e. The average molecular weight is 283 g/mol. The largest absolute Gasteiger partial charge is 0.466 e. The van der Waals surface area contributed by atoms with E-state index in [2.05, 4.69) is 20.4 Å². The normalized spacial score (nSPS) is 10.1. The highest BCUT2D eigenvalue weighted by atomic mass is 16.5. The van der Waals surface area contributed by atoms with Crippen LogP contribution in [0.15, 0.2) is 12.7 Å². The SMILES string of the molecule is C=CC(=O)N(CCCC)CCC(=O)OCCCCCC. The summed E-state index contributed by atoms with van der Waals surface area (Å²) in [6, 6.07) is 0. The molecule has 0 aromatic carbocycles. The summed E-state index contributed by atoms with van der Waals surface area (Å²) in [7, 11) is 0. The van der Waals surface area contributed by atoms with Crippen LogP contribution >= 0.6 is 0 Å². The van der Waals surface area contributed by atoms with Crippen LogP contribution in [0.3, 0.4) is 0 Å². The van der Waals surface area contributed by atoms with Crippen molar-refractivity contribution in [1.29, 1.82) is 0 Å². The first-order chi connectivity index (χ1) is 9.65. The Hall–Kier alpha value is -1.32. The van der Waals surface area contributed by atoms with E-state index in [1.54, 1.807) is 4.90 Å². The number of nitrogens with zero attached hydrogens (tertiary/aromatic N) is 1. The standard InChI is InChI=1S/C16H29NO3/c1-4-7-9-10-14-20-16(19)11-13-17(12-8-5-2)15(18)6-3/h6H,3-5,7-14H2,1-2H3. The summed E-state index contributed by atoms with van der Waals surface area (Å²) >= 11 is 0. The zero-order chi connectivity index (χ0) is 15.2. The van der Waals surface area contributed by atoms with Crippen molar-refractivity contribution in [2.75, 3.05) is 19.7 Å². The van der Waals surface area contributed by atoms with Gasteiger partial charge in [-0.25, -0.2) is 0 Å². The maximum absolute atomic E-state index is 11.6. The lowest BCUT2D eigenvalue weighted by Gasteiger charge is -2.20. The Morgan fingerprint density at radius 1 is 1.05 bits per heavy atom. The van der Waals surface area contributed by atoms with Crippen LogP contribution in [0.2, 0.25) is 0 Å². The number of hydrogen-bond donors (Lipinski definition) is 0. The van der Waals surface area contributed by atoms with E-state index in [9.17, 15) is 9.59 Å². The van der Waals surface area contributed by atoms with Gasteiger partial charge >= 0.3 is 5.97 Å². The third kappa shape index (κ3) is 9.59. The van der Waals surface area contributed by atoms with Crippen molar-refractivity contribution >= 4 is 11.9 Å². The van der Waals surface area contributed by atoms with Crippen molar-refractivity contribution < 1.29 is 14.3 Å². The number of unbranched alkanes of at least 4 members (excludes halogenated alkanes) is 4. The van der Waals surface area contributed by atoms with Crippen LogP contribution in [0.4, 0.5) is 0 Å². The lowest BCUT2D eigenvalue weighted by molar-refractivity contribution is -0.144. The van der Waals surface area contributed by atoms with Crippen molar-refractivity contribution in [2.45, 2.75) is 58.8 Å². The molecule has 0 rings (SSSR count). The first-order valence-corrected chi connectivity index (χ1v) is 7.72. The number of rotatable bonds is 12. The van der Waals surface area contributed by atoms with Gasteiger partial charge in [0.1, 0.15) is 0 Å². The summed E-state index contributed by atoms with van der Waals surface area (Å²) in [6.45, 7) is 9.28. The molecule has 0 aromatic rings. The van der Waals surface area contributed by atoms with Gasteiger partial charge in [-0.3, -0.25) is 9.59 Å². The minimum atomic E-state index is -0.222. The molecule has 0 heterocycles. The van der Waals surface area contributed by atoms with Crippen LogP contribution in [0.1, 0.15) is 58.8 Å². The van der Waals surface area contributed by atoms with Crippen molar-refractivity contribution in [2.24, 2.45) is 0 Å². The summed E-state index contributed by atoms with van der Waals surface area (Å²) in [5.74, 6) is -0.339. The molecular weight excluding hydrogens is 254 g/mol. The molecule has 0 bridgehead atoms. The maximum atomic E-state index is 11.6. The summed E-state index contributed by atoms with van der Waals surface area (Å²) in [5.41, 5.74) is 0. The molecule has 1 amide bonds. The van der Waals surface area contributed by atoms with Gasteiger partial charge in [0.2, 0.25) is 5.91 Å². The monoisotopic (exact) mass is 283 g/mol. The molecular formula is C16H29NO3. The molecule has 0 saturated carbocycles. The lowest BCUT2D eigenvalue weighted by atomic mass is 10.2. The molecule has 0 spiro atoms. The van der Waals surface area contributed by atoms with E-state index in [1.165, 1.54) is 18.9 Å². The fraction of sp³-hybridized carbons (Fsp3) is 0.750. The van der Waals surface area contributed by atoms with Gasteiger partial charge in [0.25, 0.3) is 0 Å². The highest BCUT2D eigenvalue weighted by Crippen LogP contribution is 2.02. The van der Waals surface area contributed by atoms with Gasteiger partial charge in [0, 0.05) is 13.1 Å². The summed E-state index contributed by atoms with van der Waals surface area (Å²) in [6.07, 6.45) is 7.88. The Labute approximate surface area is 123 Å². The first kappa shape index (κ1) is 18.7. The minimum absolute atomic E-state index is 0.116. The van der Waals surface area contributed by atoms with Gasteiger partial charge in [-0.2, -0.15) is 0 Å². The molecule has 0 radical (unpaired) electrons. The number of amides is 1. The van der Waals surface area contributed by atoms with E-state index in [-0.39, 0.29) is 18.3 Å². The molecule has 0 N–H and O–H groups in total. The molecule has 0 fully saturated rings. The van der Waals surface area contributed by atoms with Crippen molar-refractivity contribution in [3.8, 4) is 0 Å². The second kappa shape index (κ2) is 12.7.